The van der Waals surface area contributed by atoms with Crippen molar-refractivity contribution in [2.45, 2.75) is 11.7 Å². The van der Waals surface area contributed by atoms with Crippen LogP contribution in [0.15, 0.2) is 24.3 Å². The predicted octanol–water partition coefficient (Wildman–Crippen LogP) is -0.493. The van der Waals surface area contributed by atoms with Crippen LogP contribution in [0.3, 0.4) is 0 Å². The summed E-state index contributed by atoms with van der Waals surface area (Å²) in [4.78, 5) is 23.8. The van der Waals surface area contributed by atoms with Crippen molar-refractivity contribution in [2.24, 2.45) is 5.73 Å². The van der Waals surface area contributed by atoms with Gasteiger partial charge in [0, 0.05) is 24.4 Å². The molecule has 4 N–H and O–H groups in total. The summed E-state index contributed by atoms with van der Waals surface area (Å²) in [7, 11) is 0. The highest BCUT2D eigenvalue weighted by atomic mass is 32.2. The van der Waals surface area contributed by atoms with Gasteiger partial charge in [-0.15, -0.1) is 0 Å². The van der Waals surface area contributed by atoms with Gasteiger partial charge in [-0.1, -0.05) is 0 Å². The molecule has 1 aliphatic heterocycles. The van der Waals surface area contributed by atoms with Gasteiger partial charge in [0.2, 0.25) is 5.91 Å². The molecular weight excluding hydrogens is 268 g/mol. The first-order valence-electron chi connectivity index (χ1n) is 5.59. The molecular formula is C11H13N4O3S+. The van der Waals surface area contributed by atoms with Crippen LogP contribution in [0.4, 0.5) is 11.4 Å². The smallest absolute Gasteiger partial charge is 0.300 e. The lowest BCUT2D eigenvalue weighted by atomic mass is 10.2. The van der Waals surface area contributed by atoms with Gasteiger partial charge in [0.1, 0.15) is 0 Å². The average Bonchev–Trinajstić information content (AvgIpc) is 2.70. The Kier molecular flexibility index (Phi) is 3.70. The van der Waals surface area contributed by atoms with E-state index >= 15 is 0 Å². The zero-order valence-electron chi connectivity index (χ0n) is 9.98. The lowest BCUT2D eigenvalue weighted by Crippen LogP contribution is -2.45. The maximum atomic E-state index is 12.1. The maximum absolute atomic E-state index is 12.1. The summed E-state index contributed by atoms with van der Waals surface area (Å²) in [6.45, 7) is 0.557. The van der Waals surface area contributed by atoms with E-state index in [2.05, 4.69) is 0 Å². The predicted molar refractivity (Wildman–Crippen MR) is 72.6 cm³/mol. The molecule has 19 heavy (non-hydrogen) atoms. The van der Waals surface area contributed by atoms with Crippen LogP contribution < -0.4 is 16.0 Å². The van der Waals surface area contributed by atoms with Gasteiger partial charge in [0.05, 0.1) is 10.2 Å². The molecule has 100 valence electrons. The van der Waals surface area contributed by atoms with Crippen molar-refractivity contribution in [3.63, 3.8) is 0 Å². The summed E-state index contributed by atoms with van der Waals surface area (Å²) in [6, 6.07) is 5.90. The zero-order chi connectivity index (χ0) is 14.0. The molecule has 1 unspecified atom stereocenters. The summed E-state index contributed by atoms with van der Waals surface area (Å²) in [5, 5.41) is 15.8. The van der Waals surface area contributed by atoms with E-state index in [9.17, 15) is 14.9 Å². The Morgan fingerprint density at radius 3 is 2.63 bits per heavy atom. The molecule has 0 aromatic heterocycles. The monoisotopic (exact) mass is 281 g/mol. The Morgan fingerprint density at radius 2 is 2.11 bits per heavy atom. The van der Waals surface area contributed by atoms with Crippen molar-refractivity contribution in [1.82, 2.24) is 0 Å². The molecule has 1 atom stereocenters. The van der Waals surface area contributed by atoms with E-state index < -0.39 is 4.92 Å². The Balaban J connectivity index is 2.13. The number of hydrogen-bond acceptors (Lipinski definition) is 4. The summed E-state index contributed by atoms with van der Waals surface area (Å²) >= 11 is 1.15. The van der Waals surface area contributed by atoms with Crippen LogP contribution >= 0.6 is 11.8 Å². The lowest BCUT2D eigenvalue weighted by molar-refractivity contribution is -0.384. The van der Waals surface area contributed by atoms with Gasteiger partial charge in [-0.25, -0.2) is 0 Å². The highest BCUT2D eigenvalue weighted by Gasteiger charge is 2.34. The maximum Gasteiger partial charge on any atom is 0.300 e. The van der Waals surface area contributed by atoms with E-state index in [0.717, 1.165) is 11.8 Å². The SMILES string of the molecule is NC(=[NH2+])SC1CCN(c2ccc([N+](=O)[O-])cc2)C1=O. The molecule has 0 saturated carbocycles. The van der Waals surface area contributed by atoms with Gasteiger partial charge < -0.3 is 4.90 Å². The number of rotatable bonds is 3. The normalized spacial score (nSPS) is 18.6. The number of thioether (sulfide) groups is 1. The van der Waals surface area contributed by atoms with Crippen molar-refractivity contribution in [3.05, 3.63) is 34.4 Å². The number of nitrogens with two attached hydrogens (primary N) is 2. The number of anilines is 1. The summed E-state index contributed by atoms with van der Waals surface area (Å²) < 4.78 is 0. The largest absolute Gasteiger partial charge is 0.311 e. The van der Waals surface area contributed by atoms with Gasteiger partial charge in [-0.3, -0.25) is 26.1 Å². The van der Waals surface area contributed by atoms with Crippen LogP contribution in [0.25, 0.3) is 0 Å². The molecule has 0 aliphatic carbocycles. The van der Waals surface area contributed by atoms with Crippen molar-refractivity contribution in [1.29, 1.82) is 0 Å². The fourth-order valence-corrected chi connectivity index (χ4v) is 2.72. The van der Waals surface area contributed by atoms with Crippen molar-refractivity contribution < 1.29 is 15.1 Å². The topological polar surface area (TPSA) is 115 Å². The molecule has 0 spiro atoms. The Labute approximate surface area is 113 Å². The molecule has 0 radical (unpaired) electrons. The molecule has 1 saturated heterocycles. The summed E-state index contributed by atoms with van der Waals surface area (Å²) in [6.07, 6.45) is 0.651. The Bertz CT molecular complexity index is 531. The minimum atomic E-state index is -0.474. The first kappa shape index (κ1) is 13.3. The standard InChI is InChI=1S/C11H12N4O3S/c12-11(13)19-9-5-6-14(10(9)16)7-1-3-8(4-2-7)15(17)18/h1-4,9H,5-6H2,(H3,12,13)/p+1. The second-order valence-electron chi connectivity index (χ2n) is 4.06. The van der Waals surface area contributed by atoms with Crippen LogP contribution in [0.2, 0.25) is 0 Å². The van der Waals surface area contributed by atoms with Crippen molar-refractivity contribution in [3.8, 4) is 0 Å². The Hall–Kier alpha value is -2.09. The number of nitro benzene ring substituents is 1. The molecule has 7 nitrogen and oxygen atoms in total. The third kappa shape index (κ3) is 2.84. The third-order valence-electron chi connectivity index (χ3n) is 2.81. The van der Waals surface area contributed by atoms with E-state index in [1.807, 2.05) is 0 Å². The van der Waals surface area contributed by atoms with Crippen LogP contribution in [-0.2, 0) is 4.79 Å². The van der Waals surface area contributed by atoms with Crippen LogP contribution in [0.5, 0.6) is 0 Å². The van der Waals surface area contributed by atoms with Crippen LogP contribution in [0.1, 0.15) is 6.42 Å². The number of amides is 1. The van der Waals surface area contributed by atoms with Crippen molar-refractivity contribution in [2.75, 3.05) is 11.4 Å². The Morgan fingerprint density at radius 1 is 1.47 bits per heavy atom. The number of benzene rings is 1. The van der Waals surface area contributed by atoms with Gasteiger partial charge in [0.25, 0.3) is 5.69 Å². The van der Waals surface area contributed by atoms with Crippen LogP contribution in [-0.4, -0.2) is 27.8 Å². The van der Waals surface area contributed by atoms with Crippen LogP contribution in [0, 0.1) is 10.1 Å². The number of nitrogens with zero attached hydrogens (tertiary/aromatic N) is 2. The second kappa shape index (κ2) is 5.27. The van der Waals surface area contributed by atoms with E-state index in [0.29, 0.717) is 18.7 Å². The zero-order valence-corrected chi connectivity index (χ0v) is 10.8. The fraction of sp³-hybridized carbons (Fsp3) is 0.273. The second-order valence-corrected chi connectivity index (χ2v) is 5.34. The quantitative estimate of drug-likeness (QED) is 0.335. The number of hydrogen-bond donors (Lipinski definition) is 2. The average molecular weight is 281 g/mol. The molecule has 2 rings (SSSR count). The van der Waals surface area contributed by atoms with E-state index in [-0.39, 0.29) is 22.0 Å². The summed E-state index contributed by atoms with van der Waals surface area (Å²) in [5.41, 5.74) is 6.03. The summed E-state index contributed by atoms with van der Waals surface area (Å²) in [5.74, 6) is -0.0766. The molecule has 1 aromatic carbocycles. The number of carbonyl (C=O) groups is 1. The van der Waals surface area contributed by atoms with Gasteiger partial charge in [0.15, 0.2) is 0 Å². The number of carbonyl (C=O) groups excluding carboxylic acids is 1. The molecule has 1 fully saturated rings. The number of non-ortho nitro benzene ring substituents is 1. The molecule has 1 amide bonds. The fourth-order valence-electron chi connectivity index (χ4n) is 1.94. The first-order valence-corrected chi connectivity index (χ1v) is 6.47. The lowest BCUT2D eigenvalue weighted by Gasteiger charge is -2.15. The minimum absolute atomic E-state index is 0.000793. The molecule has 1 aliphatic rings. The van der Waals surface area contributed by atoms with Gasteiger partial charge in [-0.2, -0.15) is 0 Å². The van der Waals surface area contributed by atoms with Gasteiger partial charge >= 0.3 is 5.17 Å². The first-order chi connectivity index (χ1) is 8.99. The molecule has 0 bridgehead atoms. The van der Waals surface area contributed by atoms with Gasteiger partial charge in [-0.05, 0) is 30.3 Å². The molecule has 8 heteroatoms. The van der Waals surface area contributed by atoms with E-state index in [1.165, 1.54) is 12.1 Å². The third-order valence-corrected chi connectivity index (χ3v) is 3.80. The molecule has 1 heterocycles. The van der Waals surface area contributed by atoms with Crippen molar-refractivity contribution >= 4 is 34.2 Å². The van der Waals surface area contributed by atoms with E-state index in [4.69, 9.17) is 11.1 Å². The highest BCUT2D eigenvalue weighted by molar-refractivity contribution is 8.14. The number of nitro groups is 1. The molecule has 1 aromatic rings. The highest BCUT2D eigenvalue weighted by Crippen LogP contribution is 2.28. The number of amidine groups is 1. The van der Waals surface area contributed by atoms with E-state index in [1.54, 1.807) is 17.0 Å². The minimum Gasteiger partial charge on any atom is -0.311 e.